The van der Waals surface area contributed by atoms with Crippen molar-refractivity contribution >= 4 is 12.2 Å². The van der Waals surface area contributed by atoms with Crippen molar-refractivity contribution in [1.29, 1.82) is 0 Å². The van der Waals surface area contributed by atoms with Crippen molar-refractivity contribution in [2.75, 3.05) is 19.8 Å². The summed E-state index contributed by atoms with van der Waals surface area (Å²) in [6, 6.07) is -0.303. The fourth-order valence-electron chi connectivity index (χ4n) is 2.27. The van der Waals surface area contributed by atoms with Crippen LogP contribution in [0.3, 0.4) is 0 Å². The van der Waals surface area contributed by atoms with Gasteiger partial charge in [0.25, 0.3) is 0 Å². The third-order valence-electron chi connectivity index (χ3n) is 3.09. The van der Waals surface area contributed by atoms with E-state index in [2.05, 4.69) is 10.6 Å². The summed E-state index contributed by atoms with van der Waals surface area (Å²) in [7, 11) is 0. The Labute approximate surface area is 125 Å². The lowest BCUT2D eigenvalue weighted by atomic mass is 9.94. The third-order valence-corrected chi connectivity index (χ3v) is 3.09. The predicted octanol–water partition coefficient (Wildman–Crippen LogP) is 1.96. The summed E-state index contributed by atoms with van der Waals surface area (Å²) < 4.78 is 10.6. The van der Waals surface area contributed by atoms with Crippen molar-refractivity contribution in [3.8, 4) is 0 Å². The number of nitrogens with one attached hydrogen (secondary N) is 2. The van der Waals surface area contributed by atoms with E-state index in [0.717, 1.165) is 19.4 Å². The van der Waals surface area contributed by atoms with Gasteiger partial charge in [0.05, 0.1) is 0 Å². The van der Waals surface area contributed by atoms with Crippen LogP contribution >= 0.6 is 0 Å². The van der Waals surface area contributed by atoms with Gasteiger partial charge in [-0.3, -0.25) is 0 Å². The zero-order valence-corrected chi connectivity index (χ0v) is 13.0. The average molecular weight is 302 g/mol. The minimum Gasteiger partial charge on any atom is -0.465 e. The van der Waals surface area contributed by atoms with Crippen molar-refractivity contribution in [3.63, 3.8) is 0 Å². The van der Waals surface area contributed by atoms with E-state index in [1.54, 1.807) is 20.8 Å². The Morgan fingerprint density at radius 3 is 2.67 bits per heavy atom. The molecular formula is C14H26N2O5. The quantitative estimate of drug-likeness (QED) is 0.721. The molecule has 1 aliphatic rings. The Hall–Kier alpha value is -1.50. The van der Waals surface area contributed by atoms with Crippen LogP contribution in [0, 0.1) is 5.92 Å². The van der Waals surface area contributed by atoms with Gasteiger partial charge >= 0.3 is 12.2 Å². The predicted molar refractivity (Wildman–Crippen MR) is 77.3 cm³/mol. The molecule has 0 spiro atoms. The van der Waals surface area contributed by atoms with Crippen molar-refractivity contribution in [3.05, 3.63) is 0 Å². The Bertz CT molecular complexity index is 348. The van der Waals surface area contributed by atoms with Gasteiger partial charge < -0.3 is 25.2 Å². The average Bonchev–Trinajstić information content (AvgIpc) is 2.34. The molecule has 21 heavy (non-hydrogen) atoms. The summed E-state index contributed by atoms with van der Waals surface area (Å²) in [6.45, 7) is 6.93. The van der Waals surface area contributed by atoms with Crippen LogP contribution in [0.5, 0.6) is 0 Å². The first-order valence-corrected chi connectivity index (χ1v) is 7.30. The highest BCUT2D eigenvalue weighted by Gasteiger charge is 2.23. The Balaban J connectivity index is 2.50. The van der Waals surface area contributed by atoms with Crippen molar-refractivity contribution in [2.24, 2.45) is 5.92 Å². The molecule has 0 aromatic carbocycles. The molecule has 1 fully saturated rings. The van der Waals surface area contributed by atoms with E-state index in [1.165, 1.54) is 0 Å². The van der Waals surface area contributed by atoms with Gasteiger partial charge in [-0.25, -0.2) is 9.59 Å². The highest BCUT2D eigenvalue weighted by atomic mass is 16.6. The second-order valence-electron chi connectivity index (χ2n) is 6.35. The summed E-state index contributed by atoms with van der Waals surface area (Å²) >= 11 is 0. The van der Waals surface area contributed by atoms with Crippen molar-refractivity contribution in [2.45, 2.75) is 51.7 Å². The molecule has 7 nitrogen and oxygen atoms in total. The van der Waals surface area contributed by atoms with Gasteiger partial charge in [-0.2, -0.15) is 0 Å². The number of carbonyl (C=O) groups excluding carboxylic acids is 1. The molecule has 122 valence electrons. The maximum atomic E-state index is 11.8. The first-order chi connectivity index (χ1) is 9.76. The van der Waals surface area contributed by atoms with Gasteiger partial charge in [0.1, 0.15) is 5.60 Å². The van der Waals surface area contributed by atoms with Crippen LogP contribution in [0.2, 0.25) is 0 Å². The summed E-state index contributed by atoms with van der Waals surface area (Å²) in [6.07, 6.45) is 1.05. The summed E-state index contributed by atoms with van der Waals surface area (Å²) in [5.74, 6) is 0.328. The molecule has 0 saturated carbocycles. The molecule has 0 bridgehead atoms. The molecule has 1 rings (SSSR count). The number of carboxylic acid groups (broad SMARTS) is 1. The highest BCUT2D eigenvalue weighted by Crippen LogP contribution is 2.19. The van der Waals surface area contributed by atoms with Crippen LogP contribution in [-0.2, 0) is 9.47 Å². The summed E-state index contributed by atoms with van der Waals surface area (Å²) in [5, 5.41) is 13.8. The number of ether oxygens (including phenoxy) is 2. The molecule has 1 heterocycles. The van der Waals surface area contributed by atoms with Gasteiger partial charge in [0.15, 0.2) is 0 Å². The van der Waals surface area contributed by atoms with Crippen LogP contribution in [0.15, 0.2) is 0 Å². The molecule has 0 aliphatic carbocycles. The van der Waals surface area contributed by atoms with Crippen LogP contribution in [0.25, 0.3) is 0 Å². The lowest BCUT2D eigenvalue weighted by molar-refractivity contribution is 0.0387. The number of alkyl carbamates (subject to hydrolysis) is 1. The first kappa shape index (κ1) is 17.6. The van der Waals surface area contributed by atoms with Crippen LogP contribution in [0.1, 0.15) is 40.0 Å². The third kappa shape index (κ3) is 8.39. The van der Waals surface area contributed by atoms with E-state index in [9.17, 15) is 9.59 Å². The molecule has 1 saturated heterocycles. The van der Waals surface area contributed by atoms with Gasteiger partial charge in [-0.1, -0.05) is 0 Å². The van der Waals surface area contributed by atoms with E-state index in [1.807, 2.05) is 0 Å². The zero-order chi connectivity index (χ0) is 15.9. The van der Waals surface area contributed by atoms with E-state index in [0.29, 0.717) is 18.9 Å². The van der Waals surface area contributed by atoms with E-state index in [-0.39, 0.29) is 12.6 Å². The van der Waals surface area contributed by atoms with Crippen LogP contribution in [-0.4, -0.2) is 48.7 Å². The van der Waals surface area contributed by atoms with Gasteiger partial charge in [0.2, 0.25) is 0 Å². The second-order valence-corrected chi connectivity index (χ2v) is 6.35. The molecule has 0 aromatic rings. The van der Waals surface area contributed by atoms with Gasteiger partial charge in [-0.05, 0) is 46.0 Å². The summed E-state index contributed by atoms with van der Waals surface area (Å²) in [5.41, 5.74) is -0.581. The highest BCUT2D eigenvalue weighted by molar-refractivity contribution is 5.68. The fourth-order valence-corrected chi connectivity index (χ4v) is 2.27. The molecule has 7 heteroatoms. The molecule has 0 unspecified atom stereocenters. The van der Waals surface area contributed by atoms with E-state index >= 15 is 0 Å². The SMILES string of the molecule is CC(C)(C)OC(=O)N[C@H](CNC(=O)O)C[C@H]1CCCOC1. The standard InChI is InChI=1S/C14H26N2O5/c1-14(2,3)21-13(19)16-11(8-15-12(17)18)7-10-5-4-6-20-9-10/h10-11,15H,4-9H2,1-3H3,(H,16,19)(H,17,18)/t10-,11+/m1/s1. The molecule has 2 atom stereocenters. The van der Waals surface area contributed by atoms with Crippen LogP contribution in [0.4, 0.5) is 9.59 Å². The Morgan fingerprint density at radius 1 is 1.43 bits per heavy atom. The minimum absolute atomic E-state index is 0.158. The number of amides is 2. The molecule has 2 amide bonds. The first-order valence-electron chi connectivity index (χ1n) is 7.30. The second kappa shape index (κ2) is 8.07. The zero-order valence-electron chi connectivity index (χ0n) is 13.0. The van der Waals surface area contributed by atoms with E-state index < -0.39 is 17.8 Å². The van der Waals surface area contributed by atoms with E-state index in [4.69, 9.17) is 14.6 Å². The van der Waals surface area contributed by atoms with Gasteiger partial charge in [0, 0.05) is 25.8 Å². The molecule has 0 aromatic heterocycles. The monoisotopic (exact) mass is 302 g/mol. The van der Waals surface area contributed by atoms with Gasteiger partial charge in [-0.15, -0.1) is 0 Å². The maximum absolute atomic E-state index is 11.8. The topological polar surface area (TPSA) is 96.9 Å². The molecule has 1 aliphatic heterocycles. The Kier molecular flexibility index (Phi) is 6.74. The lowest BCUT2D eigenvalue weighted by Gasteiger charge is -2.28. The number of carbonyl (C=O) groups is 2. The van der Waals surface area contributed by atoms with Crippen molar-refractivity contribution < 1.29 is 24.2 Å². The largest absolute Gasteiger partial charge is 0.465 e. The normalized spacial score (nSPS) is 20.4. The van der Waals surface area contributed by atoms with Crippen LogP contribution < -0.4 is 10.6 Å². The van der Waals surface area contributed by atoms with Crippen molar-refractivity contribution in [1.82, 2.24) is 10.6 Å². The number of hydrogen-bond donors (Lipinski definition) is 3. The number of rotatable bonds is 5. The summed E-state index contributed by atoms with van der Waals surface area (Å²) in [4.78, 5) is 22.4. The molecular weight excluding hydrogens is 276 g/mol. The maximum Gasteiger partial charge on any atom is 0.407 e. The fraction of sp³-hybridized carbons (Fsp3) is 0.857. The lowest BCUT2D eigenvalue weighted by Crippen LogP contribution is -2.46. The molecule has 0 radical (unpaired) electrons. The molecule has 3 N–H and O–H groups in total. The smallest absolute Gasteiger partial charge is 0.407 e. The number of hydrogen-bond acceptors (Lipinski definition) is 4. The Morgan fingerprint density at radius 2 is 2.14 bits per heavy atom. The minimum atomic E-state index is -1.11.